The van der Waals surface area contributed by atoms with Crippen LogP contribution in [0.4, 0.5) is 27.5 Å². The van der Waals surface area contributed by atoms with Crippen molar-refractivity contribution in [2.75, 3.05) is 30.8 Å². The molecule has 35 heavy (non-hydrogen) atoms. The second-order valence-corrected chi connectivity index (χ2v) is 11.1. The molecule has 1 aliphatic heterocycles. The predicted molar refractivity (Wildman–Crippen MR) is 134 cm³/mol. The van der Waals surface area contributed by atoms with Gasteiger partial charge in [0.15, 0.2) is 0 Å². The summed E-state index contributed by atoms with van der Waals surface area (Å²) in [4.78, 5) is 11.4. The number of hydrogen-bond donors (Lipinski definition) is 2. The fourth-order valence-corrected chi connectivity index (χ4v) is 5.84. The fourth-order valence-electron chi connectivity index (χ4n) is 4.43. The van der Waals surface area contributed by atoms with Gasteiger partial charge in [0.05, 0.1) is 4.90 Å². The molecule has 2 aliphatic rings. The van der Waals surface area contributed by atoms with Gasteiger partial charge < -0.3 is 15.5 Å². The minimum atomic E-state index is -3.58. The summed E-state index contributed by atoms with van der Waals surface area (Å²) in [5.41, 5.74) is 1.37. The summed E-state index contributed by atoms with van der Waals surface area (Å²) in [6, 6.07) is 15.1. The van der Waals surface area contributed by atoms with Crippen molar-refractivity contribution in [3.05, 3.63) is 66.6 Å². The average molecular weight is 497 g/mol. The van der Waals surface area contributed by atoms with Crippen molar-refractivity contribution in [3.63, 3.8) is 0 Å². The van der Waals surface area contributed by atoms with Gasteiger partial charge in [-0.1, -0.05) is 0 Å². The largest absolute Gasteiger partial charge is 0.340 e. The molecule has 8 nitrogen and oxygen atoms in total. The Morgan fingerprint density at radius 2 is 1.54 bits per heavy atom. The Morgan fingerprint density at radius 1 is 0.914 bits per heavy atom. The smallest absolute Gasteiger partial charge is 0.243 e. The van der Waals surface area contributed by atoms with Crippen LogP contribution < -0.4 is 10.6 Å². The third-order valence-corrected chi connectivity index (χ3v) is 8.56. The molecular formula is C25H29FN6O2S. The molecule has 1 aliphatic carbocycles. The lowest BCUT2D eigenvalue weighted by Crippen LogP contribution is -2.46. The third-order valence-electron chi connectivity index (χ3n) is 6.64. The maximum atomic E-state index is 13.2. The van der Waals surface area contributed by atoms with Crippen LogP contribution in [-0.4, -0.2) is 59.8 Å². The number of halogens is 1. The molecule has 10 heteroatoms. The molecule has 0 bridgehead atoms. The summed E-state index contributed by atoms with van der Waals surface area (Å²) in [7, 11) is -1.89. The normalized spacial score (nSPS) is 17.5. The number of nitrogens with one attached hydrogen (secondary N) is 2. The van der Waals surface area contributed by atoms with Gasteiger partial charge in [0.2, 0.25) is 16.0 Å². The van der Waals surface area contributed by atoms with E-state index in [-0.39, 0.29) is 16.8 Å². The summed E-state index contributed by atoms with van der Waals surface area (Å²) in [6.45, 7) is 1.93. The van der Waals surface area contributed by atoms with Gasteiger partial charge >= 0.3 is 0 Å². The maximum absolute atomic E-state index is 13.2. The van der Waals surface area contributed by atoms with Gasteiger partial charge in [0.1, 0.15) is 11.6 Å². The number of hydrogen-bond acceptors (Lipinski definition) is 7. The molecule has 2 fully saturated rings. The minimum absolute atomic E-state index is 0.0255. The van der Waals surface area contributed by atoms with Crippen LogP contribution in [0.3, 0.4) is 0 Å². The van der Waals surface area contributed by atoms with Gasteiger partial charge in [-0.05, 0) is 93.4 Å². The monoisotopic (exact) mass is 496 g/mol. The molecule has 0 radical (unpaired) electrons. The van der Waals surface area contributed by atoms with Crippen LogP contribution in [0.15, 0.2) is 65.7 Å². The molecule has 184 valence electrons. The number of sulfonamides is 1. The van der Waals surface area contributed by atoms with Crippen molar-refractivity contribution < 1.29 is 12.8 Å². The molecular weight excluding hydrogens is 467 g/mol. The van der Waals surface area contributed by atoms with Crippen molar-refractivity contribution in [2.45, 2.75) is 42.7 Å². The highest BCUT2D eigenvalue weighted by Gasteiger charge is 2.35. The van der Waals surface area contributed by atoms with Crippen molar-refractivity contribution in [1.29, 1.82) is 0 Å². The van der Waals surface area contributed by atoms with Crippen LogP contribution in [-0.2, 0) is 10.0 Å². The highest BCUT2D eigenvalue weighted by Crippen LogP contribution is 2.31. The Balaban J connectivity index is 1.22. The Hall–Kier alpha value is -3.08. The highest BCUT2D eigenvalue weighted by molar-refractivity contribution is 7.89. The van der Waals surface area contributed by atoms with E-state index in [2.05, 4.69) is 25.5 Å². The molecule has 0 amide bonds. The summed E-state index contributed by atoms with van der Waals surface area (Å²) >= 11 is 0. The lowest BCUT2D eigenvalue weighted by molar-refractivity contribution is 0.163. The average Bonchev–Trinajstić information content (AvgIpc) is 3.71. The summed E-state index contributed by atoms with van der Waals surface area (Å²) in [5, 5.41) is 6.19. The van der Waals surface area contributed by atoms with E-state index in [1.165, 1.54) is 29.3 Å². The van der Waals surface area contributed by atoms with Gasteiger partial charge in [-0.3, -0.25) is 0 Å². The molecule has 1 aromatic heterocycles. The summed E-state index contributed by atoms with van der Waals surface area (Å²) in [5.74, 6) is 0.589. The van der Waals surface area contributed by atoms with Gasteiger partial charge in [0.25, 0.3) is 0 Å². The number of anilines is 4. The standard InChI is InChI=1S/C25H29FN6O2S/c1-31(21-13-16-32(17-14-21)22-8-9-22)35(33,34)23-10-6-20(7-11-23)29-25-27-15-12-24(30-25)28-19-4-2-18(26)3-5-19/h2-7,10-12,15,21-22H,8-9,13-14,16-17H2,1H3,(H2,27,28,29,30). The first-order valence-electron chi connectivity index (χ1n) is 11.8. The van der Waals surface area contributed by atoms with Crippen molar-refractivity contribution in [2.24, 2.45) is 0 Å². The number of nitrogens with zero attached hydrogens (tertiary/aromatic N) is 4. The Bertz CT molecular complexity index is 1260. The summed E-state index contributed by atoms with van der Waals surface area (Å²) < 4.78 is 41.1. The van der Waals surface area contributed by atoms with E-state index in [9.17, 15) is 12.8 Å². The molecule has 3 aromatic rings. The van der Waals surface area contributed by atoms with E-state index >= 15 is 0 Å². The third kappa shape index (κ3) is 5.61. The van der Waals surface area contributed by atoms with Crippen molar-refractivity contribution in [1.82, 2.24) is 19.2 Å². The molecule has 0 unspecified atom stereocenters. The van der Waals surface area contributed by atoms with E-state index < -0.39 is 10.0 Å². The van der Waals surface area contributed by atoms with Crippen LogP contribution in [0, 0.1) is 5.82 Å². The van der Waals surface area contributed by atoms with Crippen LogP contribution in [0.2, 0.25) is 0 Å². The predicted octanol–water partition coefficient (Wildman–Crippen LogP) is 4.35. The topological polar surface area (TPSA) is 90.5 Å². The second-order valence-electron chi connectivity index (χ2n) is 9.07. The zero-order valence-electron chi connectivity index (χ0n) is 19.6. The number of likely N-dealkylation sites (tertiary alicyclic amines) is 1. The lowest BCUT2D eigenvalue weighted by atomic mass is 10.1. The SMILES string of the molecule is CN(C1CCN(C2CC2)CC1)S(=O)(=O)c1ccc(Nc2nccc(Nc3ccc(F)cc3)n2)cc1. The molecule has 0 spiro atoms. The molecule has 2 aromatic carbocycles. The Kier molecular flexibility index (Phi) is 6.68. The molecule has 2 heterocycles. The summed E-state index contributed by atoms with van der Waals surface area (Å²) in [6.07, 6.45) is 5.89. The number of piperidine rings is 1. The van der Waals surface area contributed by atoms with Crippen LogP contribution in [0.1, 0.15) is 25.7 Å². The molecule has 1 saturated carbocycles. The number of aromatic nitrogens is 2. The van der Waals surface area contributed by atoms with E-state index in [4.69, 9.17) is 0 Å². The Labute approximate surface area is 205 Å². The quantitative estimate of drug-likeness (QED) is 0.479. The van der Waals surface area contributed by atoms with E-state index in [1.807, 2.05) is 0 Å². The maximum Gasteiger partial charge on any atom is 0.243 e. The van der Waals surface area contributed by atoms with Crippen LogP contribution >= 0.6 is 0 Å². The van der Waals surface area contributed by atoms with Gasteiger partial charge in [-0.2, -0.15) is 9.29 Å². The van der Waals surface area contributed by atoms with Gasteiger partial charge in [-0.25, -0.2) is 17.8 Å². The number of rotatable bonds is 8. The van der Waals surface area contributed by atoms with E-state index in [0.29, 0.717) is 23.1 Å². The second kappa shape index (κ2) is 9.88. The molecule has 0 atom stereocenters. The van der Waals surface area contributed by atoms with Crippen molar-refractivity contribution in [3.8, 4) is 0 Å². The first-order valence-corrected chi connectivity index (χ1v) is 13.3. The zero-order valence-corrected chi connectivity index (χ0v) is 20.4. The van der Waals surface area contributed by atoms with E-state index in [0.717, 1.165) is 32.0 Å². The first kappa shape index (κ1) is 23.7. The van der Waals surface area contributed by atoms with Gasteiger partial charge in [-0.15, -0.1) is 0 Å². The Morgan fingerprint density at radius 3 is 2.20 bits per heavy atom. The van der Waals surface area contributed by atoms with Crippen LogP contribution in [0.25, 0.3) is 0 Å². The molecule has 5 rings (SSSR count). The fraction of sp³-hybridized carbons (Fsp3) is 0.360. The van der Waals surface area contributed by atoms with Crippen molar-refractivity contribution >= 4 is 33.2 Å². The van der Waals surface area contributed by atoms with Gasteiger partial charge in [0, 0.05) is 36.7 Å². The number of benzene rings is 2. The first-order chi connectivity index (χ1) is 16.9. The molecule has 1 saturated heterocycles. The zero-order chi connectivity index (χ0) is 24.4. The van der Waals surface area contributed by atoms with Crippen LogP contribution in [0.5, 0.6) is 0 Å². The highest BCUT2D eigenvalue weighted by atomic mass is 32.2. The lowest BCUT2D eigenvalue weighted by Gasteiger charge is -2.36. The molecule has 2 N–H and O–H groups in total. The minimum Gasteiger partial charge on any atom is -0.340 e. The van der Waals surface area contributed by atoms with E-state index in [1.54, 1.807) is 55.7 Å².